The summed E-state index contributed by atoms with van der Waals surface area (Å²) in [6, 6.07) is 15.7. The number of fused-ring (bicyclic) bond motifs is 1. The van der Waals surface area contributed by atoms with E-state index in [9.17, 15) is 9.59 Å². The lowest BCUT2D eigenvalue weighted by Crippen LogP contribution is -2.31. The van der Waals surface area contributed by atoms with E-state index in [-0.39, 0.29) is 17.6 Å². The van der Waals surface area contributed by atoms with Gasteiger partial charge in [0.15, 0.2) is 0 Å². The molecule has 0 radical (unpaired) electrons. The quantitative estimate of drug-likeness (QED) is 0.909. The molecule has 3 rings (SSSR count). The van der Waals surface area contributed by atoms with E-state index in [0.717, 1.165) is 29.9 Å². The number of hydrogen-bond donors (Lipinski definition) is 1. The molecule has 0 saturated heterocycles. The van der Waals surface area contributed by atoms with E-state index < -0.39 is 0 Å². The zero-order valence-electron chi connectivity index (χ0n) is 13.6. The van der Waals surface area contributed by atoms with Gasteiger partial charge in [-0.2, -0.15) is 0 Å². The van der Waals surface area contributed by atoms with Crippen LogP contribution in [-0.2, 0) is 16.0 Å². The molecule has 1 aliphatic rings. The van der Waals surface area contributed by atoms with Gasteiger partial charge in [0.2, 0.25) is 11.8 Å². The molecule has 0 unspecified atom stereocenters. The molecule has 0 bridgehead atoms. The summed E-state index contributed by atoms with van der Waals surface area (Å²) in [5.41, 5.74) is 4.16. The van der Waals surface area contributed by atoms with Crippen molar-refractivity contribution in [3.8, 4) is 0 Å². The van der Waals surface area contributed by atoms with E-state index in [4.69, 9.17) is 0 Å². The van der Waals surface area contributed by atoms with E-state index in [1.807, 2.05) is 54.3 Å². The maximum Gasteiger partial charge on any atom is 0.237 e. The number of carbonyl (C=O) groups is 2. The van der Waals surface area contributed by atoms with Crippen LogP contribution in [0.4, 0.5) is 11.4 Å². The summed E-state index contributed by atoms with van der Waals surface area (Å²) in [5.74, 6) is 0.566. The molecule has 0 aromatic heterocycles. The normalized spacial score (nSPS) is 12.8. The molecule has 1 N–H and O–H groups in total. The van der Waals surface area contributed by atoms with E-state index in [1.54, 1.807) is 0 Å². The lowest BCUT2D eigenvalue weighted by atomic mass is 10.2. The summed E-state index contributed by atoms with van der Waals surface area (Å²) in [6.07, 6.45) is 0.903. The molecule has 0 atom stereocenters. The fraction of sp³-hybridized carbons (Fsp3) is 0.263. The van der Waals surface area contributed by atoms with Gasteiger partial charge in [0, 0.05) is 17.9 Å². The van der Waals surface area contributed by atoms with Crippen molar-refractivity contribution in [2.75, 3.05) is 28.3 Å². The van der Waals surface area contributed by atoms with Gasteiger partial charge in [0.25, 0.3) is 0 Å². The summed E-state index contributed by atoms with van der Waals surface area (Å²) in [6.45, 7) is 2.73. The first kappa shape index (κ1) is 16.6. The molecule has 0 spiro atoms. The number of anilines is 2. The molecule has 0 fully saturated rings. The van der Waals surface area contributed by atoms with Gasteiger partial charge < -0.3 is 10.2 Å². The Morgan fingerprint density at radius 3 is 2.62 bits per heavy atom. The Bertz CT molecular complexity index is 743. The van der Waals surface area contributed by atoms with Crippen LogP contribution in [-0.4, -0.2) is 29.9 Å². The standard InChI is InChI=1S/C19H20N2O2S/c1-14-6-8-16(9-7-14)20-18(22)12-24-13-19(23)21-11-10-15-4-2-3-5-17(15)21/h2-9H,10-13H2,1H3,(H,20,22). The van der Waals surface area contributed by atoms with Gasteiger partial charge in [0.1, 0.15) is 0 Å². The highest BCUT2D eigenvalue weighted by Crippen LogP contribution is 2.27. The van der Waals surface area contributed by atoms with Gasteiger partial charge in [-0.1, -0.05) is 35.9 Å². The number of aryl methyl sites for hydroxylation is 1. The third-order valence-corrected chi connectivity index (χ3v) is 4.90. The van der Waals surface area contributed by atoms with Gasteiger partial charge in [0.05, 0.1) is 11.5 Å². The van der Waals surface area contributed by atoms with Crippen LogP contribution in [0, 0.1) is 6.92 Å². The first-order chi connectivity index (χ1) is 11.6. The van der Waals surface area contributed by atoms with Crippen LogP contribution in [0.5, 0.6) is 0 Å². The van der Waals surface area contributed by atoms with Crippen molar-refractivity contribution in [3.05, 3.63) is 59.7 Å². The van der Waals surface area contributed by atoms with E-state index >= 15 is 0 Å². The van der Waals surface area contributed by atoms with Crippen LogP contribution in [0.15, 0.2) is 48.5 Å². The highest BCUT2D eigenvalue weighted by molar-refractivity contribution is 8.00. The maximum atomic E-state index is 12.4. The first-order valence-electron chi connectivity index (χ1n) is 7.96. The molecule has 2 aromatic carbocycles. The van der Waals surface area contributed by atoms with Crippen molar-refractivity contribution in [2.45, 2.75) is 13.3 Å². The van der Waals surface area contributed by atoms with Gasteiger partial charge in [-0.25, -0.2) is 0 Å². The fourth-order valence-corrected chi connectivity index (χ4v) is 3.43. The Labute approximate surface area is 146 Å². The number of amides is 2. The second-order valence-electron chi connectivity index (χ2n) is 5.83. The predicted molar refractivity (Wildman–Crippen MR) is 99.6 cm³/mol. The minimum Gasteiger partial charge on any atom is -0.325 e. The molecule has 1 aliphatic heterocycles. The smallest absolute Gasteiger partial charge is 0.237 e. The topological polar surface area (TPSA) is 49.4 Å². The van der Waals surface area contributed by atoms with Crippen molar-refractivity contribution < 1.29 is 9.59 Å². The van der Waals surface area contributed by atoms with Crippen LogP contribution >= 0.6 is 11.8 Å². The zero-order valence-corrected chi connectivity index (χ0v) is 14.4. The zero-order chi connectivity index (χ0) is 16.9. The third kappa shape index (κ3) is 3.97. The van der Waals surface area contributed by atoms with E-state index in [2.05, 4.69) is 11.4 Å². The van der Waals surface area contributed by atoms with Crippen LogP contribution in [0.3, 0.4) is 0 Å². The molecule has 0 aliphatic carbocycles. The average Bonchev–Trinajstić information content (AvgIpc) is 3.01. The van der Waals surface area contributed by atoms with Crippen molar-refractivity contribution in [3.63, 3.8) is 0 Å². The van der Waals surface area contributed by atoms with Gasteiger partial charge in [-0.3, -0.25) is 9.59 Å². The van der Waals surface area contributed by atoms with Crippen molar-refractivity contribution in [1.82, 2.24) is 0 Å². The lowest BCUT2D eigenvalue weighted by molar-refractivity contribution is -0.116. The molecule has 1 heterocycles. The molecule has 124 valence electrons. The number of hydrogen-bond acceptors (Lipinski definition) is 3. The minimum absolute atomic E-state index is 0.0630. The Morgan fingerprint density at radius 2 is 1.83 bits per heavy atom. The number of para-hydroxylation sites is 1. The summed E-state index contributed by atoms with van der Waals surface area (Å²) < 4.78 is 0. The summed E-state index contributed by atoms with van der Waals surface area (Å²) >= 11 is 1.35. The summed E-state index contributed by atoms with van der Waals surface area (Å²) in [4.78, 5) is 26.1. The van der Waals surface area contributed by atoms with E-state index in [1.165, 1.54) is 17.3 Å². The van der Waals surface area contributed by atoms with Gasteiger partial charge in [-0.15, -0.1) is 11.8 Å². The Hall–Kier alpha value is -2.27. The lowest BCUT2D eigenvalue weighted by Gasteiger charge is -2.16. The SMILES string of the molecule is Cc1ccc(NC(=O)CSCC(=O)N2CCc3ccccc32)cc1. The van der Waals surface area contributed by atoms with Crippen molar-refractivity contribution >= 4 is 35.0 Å². The van der Waals surface area contributed by atoms with Crippen LogP contribution in [0.25, 0.3) is 0 Å². The number of rotatable bonds is 5. The number of carbonyl (C=O) groups excluding carboxylic acids is 2. The number of benzene rings is 2. The first-order valence-corrected chi connectivity index (χ1v) is 9.11. The highest BCUT2D eigenvalue weighted by Gasteiger charge is 2.23. The van der Waals surface area contributed by atoms with E-state index in [0.29, 0.717) is 5.75 Å². The predicted octanol–water partition coefficient (Wildman–Crippen LogP) is 3.26. The fourth-order valence-electron chi connectivity index (χ4n) is 2.74. The third-order valence-electron chi connectivity index (χ3n) is 3.98. The number of nitrogens with one attached hydrogen (secondary N) is 1. The molecule has 4 nitrogen and oxygen atoms in total. The molecule has 2 amide bonds. The Kier molecular flexibility index (Phi) is 5.20. The second kappa shape index (κ2) is 7.53. The molecular formula is C19H20N2O2S. The summed E-state index contributed by atoms with van der Waals surface area (Å²) in [7, 11) is 0. The summed E-state index contributed by atoms with van der Waals surface area (Å²) in [5, 5.41) is 2.84. The van der Waals surface area contributed by atoms with Crippen LogP contribution in [0.2, 0.25) is 0 Å². The molecular weight excluding hydrogens is 320 g/mol. The van der Waals surface area contributed by atoms with Gasteiger partial charge >= 0.3 is 0 Å². The van der Waals surface area contributed by atoms with Gasteiger partial charge in [-0.05, 0) is 37.1 Å². The van der Waals surface area contributed by atoms with Crippen LogP contribution < -0.4 is 10.2 Å². The molecule has 2 aromatic rings. The molecule has 5 heteroatoms. The van der Waals surface area contributed by atoms with Crippen LogP contribution in [0.1, 0.15) is 11.1 Å². The Morgan fingerprint density at radius 1 is 1.08 bits per heavy atom. The minimum atomic E-state index is -0.0847. The number of thioether (sulfide) groups is 1. The Balaban J connectivity index is 1.45. The molecule has 24 heavy (non-hydrogen) atoms. The second-order valence-corrected chi connectivity index (χ2v) is 6.82. The largest absolute Gasteiger partial charge is 0.325 e. The van der Waals surface area contributed by atoms with Crippen molar-refractivity contribution in [1.29, 1.82) is 0 Å². The number of nitrogens with zero attached hydrogens (tertiary/aromatic N) is 1. The highest BCUT2D eigenvalue weighted by atomic mass is 32.2. The monoisotopic (exact) mass is 340 g/mol. The average molecular weight is 340 g/mol. The molecule has 0 saturated carbocycles. The maximum absolute atomic E-state index is 12.4. The van der Waals surface area contributed by atoms with Crippen molar-refractivity contribution in [2.24, 2.45) is 0 Å².